The second-order valence-electron chi connectivity index (χ2n) is 8.30. The maximum Gasteiger partial charge on any atom is 0.0560 e. The largest absolute Gasteiger partial charge is 0.309 e. The van der Waals surface area contributed by atoms with Crippen molar-refractivity contribution >= 4 is 0 Å². The highest BCUT2D eigenvalue weighted by Crippen LogP contribution is 2.61. The molecule has 5 rings (SSSR count). The first-order chi connectivity index (χ1) is 10.1. The average Bonchev–Trinajstić information content (AvgIpc) is 2.89. The molecule has 0 aromatic carbocycles. The summed E-state index contributed by atoms with van der Waals surface area (Å²) in [6, 6.07) is 3.15. The molecule has 1 N–H and O–H groups in total. The fourth-order valence-electron chi connectivity index (χ4n) is 6.05. The van der Waals surface area contributed by atoms with Crippen molar-refractivity contribution in [3.8, 4) is 0 Å². The molecule has 0 spiro atoms. The highest BCUT2D eigenvalue weighted by Gasteiger charge is 2.53. The van der Waals surface area contributed by atoms with Gasteiger partial charge in [-0.3, -0.25) is 4.68 Å². The van der Waals surface area contributed by atoms with E-state index in [9.17, 15) is 0 Å². The van der Waals surface area contributed by atoms with E-state index in [4.69, 9.17) is 0 Å². The monoisotopic (exact) mass is 287 g/mol. The summed E-state index contributed by atoms with van der Waals surface area (Å²) in [6.07, 6.45) is 13.0. The van der Waals surface area contributed by atoms with Crippen molar-refractivity contribution in [3.63, 3.8) is 0 Å². The summed E-state index contributed by atoms with van der Waals surface area (Å²) >= 11 is 0. The van der Waals surface area contributed by atoms with Gasteiger partial charge in [-0.25, -0.2) is 0 Å². The first-order valence-corrected chi connectivity index (χ1v) is 8.86. The van der Waals surface area contributed by atoms with E-state index in [1.165, 1.54) is 38.5 Å². The molecule has 116 valence electrons. The van der Waals surface area contributed by atoms with Crippen molar-refractivity contribution in [3.05, 3.63) is 18.5 Å². The van der Waals surface area contributed by atoms with Crippen molar-refractivity contribution in [1.29, 1.82) is 0 Å². The molecule has 4 saturated carbocycles. The highest BCUT2D eigenvalue weighted by atomic mass is 15.3. The lowest BCUT2D eigenvalue weighted by Gasteiger charge is -2.59. The van der Waals surface area contributed by atoms with Gasteiger partial charge in [0, 0.05) is 24.5 Å². The SMILES string of the molecule is CC(Cn1cccn1)NC(C)C12CC3CC(CC(C3)C1)C2. The third kappa shape index (κ3) is 2.54. The Labute approximate surface area is 128 Å². The van der Waals surface area contributed by atoms with Crippen LogP contribution in [0.15, 0.2) is 18.5 Å². The van der Waals surface area contributed by atoms with Crippen LogP contribution in [0.3, 0.4) is 0 Å². The Bertz CT molecular complexity index is 443. The number of rotatable bonds is 5. The van der Waals surface area contributed by atoms with Crippen molar-refractivity contribution in [2.75, 3.05) is 0 Å². The number of hydrogen-bond donors (Lipinski definition) is 1. The summed E-state index contributed by atoms with van der Waals surface area (Å²) in [4.78, 5) is 0. The molecular formula is C18H29N3. The number of hydrogen-bond acceptors (Lipinski definition) is 2. The molecule has 21 heavy (non-hydrogen) atoms. The Morgan fingerprint density at radius 2 is 1.76 bits per heavy atom. The smallest absolute Gasteiger partial charge is 0.0560 e. The Hall–Kier alpha value is -0.830. The van der Waals surface area contributed by atoms with Gasteiger partial charge in [0.05, 0.1) is 6.54 Å². The average molecular weight is 287 g/mol. The molecule has 3 nitrogen and oxygen atoms in total. The van der Waals surface area contributed by atoms with Crippen molar-refractivity contribution < 1.29 is 0 Å². The van der Waals surface area contributed by atoms with Gasteiger partial charge in [-0.1, -0.05) is 0 Å². The van der Waals surface area contributed by atoms with Crippen LogP contribution in [-0.2, 0) is 6.54 Å². The predicted molar refractivity (Wildman–Crippen MR) is 84.9 cm³/mol. The van der Waals surface area contributed by atoms with Crippen LogP contribution in [0, 0.1) is 23.2 Å². The lowest BCUT2D eigenvalue weighted by Crippen LogP contribution is -2.56. The standard InChI is InChI=1S/C18H29N3/c1-13(12-21-5-3-4-19-21)20-14(2)18-9-15-6-16(10-18)8-17(7-15)11-18/h3-5,13-17,20H,6-12H2,1-2H3. The fraction of sp³-hybridized carbons (Fsp3) is 0.833. The minimum atomic E-state index is 0.493. The zero-order chi connectivity index (χ0) is 14.4. The minimum absolute atomic E-state index is 0.493. The summed E-state index contributed by atoms with van der Waals surface area (Å²) in [6.45, 7) is 5.73. The molecule has 4 fully saturated rings. The zero-order valence-corrected chi connectivity index (χ0v) is 13.5. The highest BCUT2D eigenvalue weighted by molar-refractivity contribution is 5.05. The third-order valence-electron chi connectivity index (χ3n) is 6.56. The molecule has 0 aliphatic heterocycles. The lowest BCUT2D eigenvalue weighted by molar-refractivity contribution is -0.0721. The summed E-state index contributed by atoms with van der Waals surface area (Å²) in [5, 5.41) is 8.25. The van der Waals surface area contributed by atoms with Crippen molar-refractivity contribution in [2.45, 2.75) is 71.0 Å². The van der Waals surface area contributed by atoms with E-state index in [1.54, 1.807) is 0 Å². The zero-order valence-electron chi connectivity index (χ0n) is 13.5. The van der Waals surface area contributed by atoms with Crippen LogP contribution >= 0.6 is 0 Å². The summed E-state index contributed by atoms with van der Waals surface area (Å²) in [5.74, 6) is 3.13. The van der Waals surface area contributed by atoms with Crippen molar-refractivity contribution in [2.24, 2.45) is 23.2 Å². The van der Waals surface area contributed by atoms with Crippen LogP contribution in [0.2, 0.25) is 0 Å². The lowest BCUT2D eigenvalue weighted by atomic mass is 9.48. The summed E-state index contributed by atoms with van der Waals surface area (Å²) < 4.78 is 2.05. The maximum absolute atomic E-state index is 4.33. The predicted octanol–water partition coefficient (Wildman–Crippen LogP) is 3.47. The number of nitrogens with one attached hydrogen (secondary N) is 1. The fourth-order valence-corrected chi connectivity index (χ4v) is 6.05. The van der Waals surface area contributed by atoms with Crippen LogP contribution in [-0.4, -0.2) is 21.9 Å². The molecule has 2 atom stereocenters. The van der Waals surface area contributed by atoms with Gasteiger partial charge in [-0.2, -0.15) is 5.10 Å². The Morgan fingerprint density at radius 1 is 1.14 bits per heavy atom. The third-order valence-corrected chi connectivity index (χ3v) is 6.56. The van der Waals surface area contributed by atoms with Gasteiger partial charge in [-0.15, -0.1) is 0 Å². The van der Waals surface area contributed by atoms with E-state index in [-0.39, 0.29) is 0 Å². The first-order valence-electron chi connectivity index (χ1n) is 8.86. The Morgan fingerprint density at radius 3 is 2.29 bits per heavy atom. The molecule has 4 aliphatic carbocycles. The van der Waals surface area contributed by atoms with Crippen LogP contribution in [0.4, 0.5) is 0 Å². The second-order valence-corrected chi connectivity index (χ2v) is 8.30. The van der Waals surface area contributed by atoms with E-state index in [0.717, 1.165) is 24.3 Å². The van der Waals surface area contributed by atoms with Gasteiger partial charge in [0.1, 0.15) is 0 Å². The molecule has 0 amide bonds. The van der Waals surface area contributed by atoms with E-state index in [2.05, 4.69) is 30.5 Å². The molecule has 1 heterocycles. The van der Waals surface area contributed by atoms with Gasteiger partial charge in [0.2, 0.25) is 0 Å². The molecule has 2 unspecified atom stereocenters. The Kier molecular flexibility index (Phi) is 3.36. The van der Waals surface area contributed by atoms with Crippen LogP contribution in [0.25, 0.3) is 0 Å². The topological polar surface area (TPSA) is 29.9 Å². The molecule has 0 radical (unpaired) electrons. The number of nitrogens with zero attached hydrogens (tertiary/aromatic N) is 2. The quantitative estimate of drug-likeness (QED) is 0.898. The molecule has 4 aliphatic rings. The normalized spacial score (nSPS) is 40.4. The van der Waals surface area contributed by atoms with Crippen LogP contribution in [0.5, 0.6) is 0 Å². The van der Waals surface area contributed by atoms with Gasteiger partial charge in [-0.05, 0) is 81.6 Å². The van der Waals surface area contributed by atoms with E-state index < -0.39 is 0 Å². The Balaban J connectivity index is 1.41. The van der Waals surface area contributed by atoms with Gasteiger partial charge in [0.25, 0.3) is 0 Å². The molecule has 1 aromatic heterocycles. The maximum atomic E-state index is 4.33. The summed E-state index contributed by atoms with van der Waals surface area (Å²) in [5.41, 5.74) is 0.604. The minimum Gasteiger partial charge on any atom is -0.309 e. The molecule has 4 bridgehead atoms. The molecule has 3 heteroatoms. The molecular weight excluding hydrogens is 258 g/mol. The van der Waals surface area contributed by atoms with Crippen molar-refractivity contribution in [1.82, 2.24) is 15.1 Å². The first kappa shape index (κ1) is 13.8. The number of aromatic nitrogens is 2. The van der Waals surface area contributed by atoms with Crippen LogP contribution in [0.1, 0.15) is 52.4 Å². The van der Waals surface area contributed by atoms with Gasteiger partial charge >= 0.3 is 0 Å². The van der Waals surface area contributed by atoms with Gasteiger partial charge < -0.3 is 5.32 Å². The molecule has 0 saturated heterocycles. The van der Waals surface area contributed by atoms with Gasteiger partial charge in [0.15, 0.2) is 0 Å². The van der Waals surface area contributed by atoms with E-state index in [1.807, 2.05) is 16.9 Å². The van der Waals surface area contributed by atoms with E-state index in [0.29, 0.717) is 17.5 Å². The second kappa shape index (κ2) is 5.12. The van der Waals surface area contributed by atoms with Crippen LogP contribution < -0.4 is 5.32 Å². The van der Waals surface area contributed by atoms with E-state index >= 15 is 0 Å². The summed E-state index contributed by atoms with van der Waals surface area (Å²) in [7, 11) is 0. The molecule has 1 aromatic rings.